The first kappa shape index (κ1) is 13.3. The van der Waals surface area contributed by atoms with Crippen molar-refractivity contribution in [1.29, 1.82) is 0 Å². The van der Waals surface area contributed by atoms with Gasteiger partial charge in [-0.1, -0.05) is 24.6 Å². The zero-order valence-electron chi connectivity index (χ0n) is 12.6. The molecule has 3 heteroatoms. The van der Waals surface area contributed by atoms with E-state index in [0.717, 1.165) is 43.6 Å². The van der Waals surface area contributed by atoms with E-state index in [2.05, 4.69) is 23.5 Å². The molecule has 2 fully saturated rings. The highest BCUT2D eigenvalue weighted by Crippen LogP contribution is 2.49. The van der Waals surface area contributed by atoms with Crippen molar-refractivity contribution in [2.24, 2.45) is 17.8 Å². The summed E-state index contributed by atoms with van der Waals surface area (Å²) in [6.07, 6.45) is 6.21. The zero-order chi connectivity index (χ0) is 14.2. The fourth-order valence-electron chi connectivity index (χ4n) is 4.68. The number of benzene rings is 1. The van der Waals surface area contributed by atoms with Crippen molar-refractivity contribution < 1.29 is 4.79 Å². The summed E-state index contributed by atoms with van der Waals surface area (Å²) in [5, 5.41) is 3.42. The number of hydrogen-bond donors (Lipinski definition) is 1. The first-order valence-corrected chi connectivity index (χ1v) is 8.40. The standard InChI is InChI=1S/C18H24N2O/c21-18(11-16-10-13-5-6-14(16)9-13)20-8-7-19-12-15-3-1-2-4-17(15)20/h1-4,13-14,16,19H,5-12H2. The summed E-state index contributed by atoms with van der Waals surface area (Å²) < 4.78 is 0. The Balaban J connectivity index is 1.51. The number of carbonyl (C=O) groups is 1. The van der Waals surface area contributed by atoms with Crippen LogP contribution in [0.25, 0.3) is 0 Å². The van der Waals surface area contributed by atoms with Gasteiger partial charge in [-0.15, -0.1) is 0 Å². The number of carbonyl (C=O) groups excluding carboxylic acids is 1. The summed E-state index contributed by atoms with van der Waals surface area (Å²) in [7, 11) is 0. The topological polar surface area (TPSA) is 32.3 Å². The monoisotopic (exact) mass is 284 g/mol. The Morgan fingerprint density at radius 3 is 2.95 bits per heavy atom. The molecule has 3 nitrogen and oxygen atoms in total. The smallest absolute Gasteiger partial charge is 0.227 e. The van der Waals surface area contributed by atoms with E-state index in [9.17, 15) is 4.79 Å². The fraction of sp³-hybridized carbons (Fsp3) is 0.611. The summed E-state index contributed by atoms with van der Waals surface area (Å²) >= 11 is 0. The van der Waals surface area contributed by atoms with Crippen LogP contribution in [0.2, 0.25) is 0 Å². The molecular weight excluding hydrogens is 260 g/mol. The van der Waals surface area contributed by atoms with E-state index in [1.807, 2.05) is 11.0 Å². The largest absolute Gasteiger partial charge is 0.311 e. The van der Waals surface area contributed by atoms with Crippen molar-refractivity contribution in [1.82, 2.24) is 5.32 Å². The number of nitrogens with zero attached hydrogens (tertiary/aromatic N) is 1. The van der Waals surface area contributed by atoms with Gasteiger partial charge in [0.15, 0.2) is 0 Å². The number of para-hydroxylation sites is 1. The second kappa shape index (κ2) is 5.45. The first-order chi connectivity index (χ1) is 10.3. The van der Waals surface area contributed by atoms with Crippen LogP contribution in [0.4, 0.5) is 5.69 Å². The number of anilines is 1. The average molecular weight is 284 g/mol. The van der Waals surface area contributed by atoms with E-state index >= 15 is 0 Å². The summed E-state index contributed by atoms with van der Waals surface area (Å²) in [4.78, 5) is 14.9. The van der Waals surface area contributed by atoms with Crippen LogP contribution in [0.15, 0.2) is 24.3 Å². The molecule has 2 bridgehead atoms. The lowest BCUT2D eigenvalue weighted by Crippen LogP contribution is -2.36. The third-order valence-electron chi connectivity index (χ3n) is 5.73. The average Bonchev–Trinajstić information content (AvgIpc) is 3.04. The summed E-state index contributed by atoms with van der Waals surface area (Å²) in [6, 6.07) is 8.33. The lowest BCUT2D eigenvalue weighted by atomic mass is 9.86. The van der Waals surface area contributed by atoms with Gasteiger partial charge in [-0.3, -0.25) is 4.79 Å². The van der Waals surface area contributed by atoms with Crippen LogP contribution >= 0.6 is 0 Å². The minimum absolute atomic E-state index is 0.337. The van der Waals surface area contributed by atoms with Gasteiger partial charge >= 0.3 is 0 Å². The highest BCUT2D eigenvalue weighted by molar-refractivity contribution is 5.94. The predicted octanol–water partition coefficient (Wildman–Crippen LogP) is 2.95. The second-order valence-corrected chi connectivity index (χ2v) is 6.99. The number of nitrogens with one attached hydrogen (secondary N) is 1. The Hall–Kier alpha value is -1.35. The van der Waals surface area contributed by atoms with Crippen LogP contribution in [-0.4, -0.2) is 19.0 Å². The molecule has 0 spiro atoms. The van der Waals surface area contributed by atoms with Crippen LogP contribution in [0, 0.1) is 17.8 Å². The van der Waals surface area contributed by atoms with E-state index in [-0.39, 0.29) is 0 Å². The Morgan fingerprint density at radius 2 is 2.14 bits per heavy atom. The SMILES string of the molecule is O=C(CC1CC2CCC1C2)N1CCNCc2ccccc21. The molecule has 3 unspecified atom stereocenters. The van der Waals surface area contributed by atoms with E-state index in [1.54, 1.807) is 0 Å². The van der Waals surface area contributed by atoms with Gasteiger partial charge in [0.05, 0.1) is 0 Å². The summed E-state index contributed by atoms with van der Waals surface area (Å²) in [5.74, 6) is 2.74. The molecule has 1 aliphatic heterocycles. The van der Waals surface area contributed by atoms with Crippen molar-refractivity contribution in [3.63, 3.8) is 0 Å². The van der Waals surface area contributed by atoms with Crippen LogP contribution < -0.4 is 10.2 Å². The number of hydrogen-bond acceptors (Lipinski definition) is 2. The molecule has 0 saturated heterocycles. The lowest BCUT2D eigenvalue weighted by Gasteiger charge is -2.27. The molecule has 1 amide bonds. The molecule has 3 atom stereocenters. The summed E-state index contributed by atoms with van der Waals surface area (Å²) in [6.45, 7) is 2.56. The van der Waals surface area contributed by atoms with Gasteiger partial charge in [-0.05, 0) is 48.6 Å². The van der Waals surface area contributed by atoms with Gasteiger partial charge < -0.3 is 10.2 Å². The maximum Gasteiger partial charge on any atom is 0.227 e. The minimum Gasteiger partial charge on any atom is -0.311 e. The molecular formula is C18H24N2O. The number of amides is 1. The fourth-order valence-corrected chi connectivity index (χ4v) is 4.68. The van der Waals surface area contributed by atoms with Crippen molar-refractivity contribution in [2.45, 2.75) is 38.6 Å². The first-order valence-electron chi connectivity index (χ1n) is 8.40. The summed E-state index contributed by atoms with van der Waals surface area (Å²) in [5.41, 5.74) is 2.37. The highest BCUT2D eigenvalue weighted by Gasteiger charge is 2.40. The maximum atomic E-state index is 12.8. The van der Waals surface area contributed by atoms with Gasteiger partial charge in [-0.25, -0.2) is 0 Å². The van der Waals surface area contributed by atoms with Crippen LogP contribution in [0.1, 0.15) is 37.7 Å². The molecule has 21 heavy (non-hydrogen) atoms. The number of fused-ring (bicyclic) bond motifs is 3. The second-order valence-electron chi connectivity index (χ2n) is 6.99. The Labute approximate surface area is 126 Å². The Kier molecular flexibility index (Phi) is 3.46. The van der Waals surface area contributed by atoms with Crippen LogP contribution in [0.3, 0.4) is 0 Å². The van der Waals surface area contributed by atoms with Crippen molar-refractivity contribution in [3.05, 3.63) is 29.8 Å². The van der Waals surface area contributed by atoms with Crippen molar-refractivity contribution in [3.8, 4) is 0 Å². The van der Waals surface area contributed by atoms with Crippen LogP contribution in [0.5, 0.6) is 0 Å². The molecule has 0 radical (unpaired) electrons. The molecule has 4 rings (SSSR count). The lowest BCUT2D eigenvalue weighted by molar-refractivity contribution is -0.119. The molecule has 0 aromatic heterocycles. The van der Waals surface area contributed by atoms with Crippen LogP contribution in [-0.2, 0) is 11.3 Å². The third kappa shape index (κ3) is 2.48. The Bertz CT molecular complexity index is 542. The predicted molar refractivity (Wildman–Crippen MR) is 84.1 cm³/mol. The molecule has 1 heterocycles. The van der Waals surface area contributed by atoms with Crippen molar-refractivity contribution >= 4 is 11.6 Å². The molecule has 2 saturated carbocycles. The molecule has 112 valence electrons. The normalized spacial score (nSPS) is 31.0. The molecule has 3 aliphatic rings. The third-order valence-corrected chi connectivity index (χ3v) is 5.73. The minimum atomic E-state index is 0.337. The quantitative estimate of drug-likeness (QED) is 0.905. The Morgan fingerprint density at radius 1 is 1.24 bits per heavy atom. The van der Waals surface area contributed by atoms with Gasteiger partial charge in [0, 0.05) is 31.7 Å². The maximum absolute atomic E-state index is 12.8. The molecule has 1 aromatic rings. The van der Waals surface area contributed by atoms with Gasteiger partial charge in [0.25, 0.3) is 0 Å². The zero-order valence-corrected chi connectivity index (χ0v) is 12.6. The molecule has 1 aromatic carbocycles. The highest BCUT2D eigenvalue weighted by atomic mass is 16.2. The van der Waals surface area contributed by atoms with E-state index < -0.39 is 0 Å². The van der Waals surface area contributed by atoms with Crippen molar-refractivity contribution in [2.75, 3.05) is 18.0 Å². The molecule has 1 N–H and O–H groups in total. The molecule has 2 aliphatic carbocycles. The van der Waals surface area contributed by atoms with E-state index in [0.29, 0.717) is 11.8 Å². The number of rotatable bonds is 2. The van der Waals surface area contributed by atoms with Gasteiger partial charge in [0.1, 0.15) is 0 Å². The van der Waals surface area contributed by atoms with E-state index in [1.165, 1.54) is 31.2 Å². The van der Waals surface area contributed by atoms with Gasteiger partial charge in [-0.2, -0.15) is 0 Å². The van der Waals surface area contributed by atoms with Gasteiger partial charge in [0.2, 0.25) is 5.91 Å². The van der Waals surface area contributed by atoms with E-state index in [4.69, 9.17) is 0 Å².